The van der Waals surface area contributed by atoms with E-state index < -0.39 is 0 Å². The van der Waals surface area contributed by atoms with Gasteiger partial charge in [-0.1, -0.05) is 84.4 Å². The predicted molar refractivity (Wildman–Crippen MR) is 116 cm³/mol. The lowest BCUT2D eigenvalue weighted by Gasteiger charge is -2.03. The Balaban J connectivity index is 1.64. The predicted octanol–water partition coefficient (Wildman–Crippen LogP) is 6.57. The minimum Gasteiger partial charge on any atom is -0.321 e. The third kappa shape index (κ3) is 4.18. The van der Waals surface area contributed by atoms with Gasteiger partial charge in [0.1, 0.15) is 5.82 Å². The standard InChI is InChI=1S/C24H19ClN2/c25-21-15-12-20(13-16-21)14-17-24-26-22-10-4-5-11-23(22)27(24)18-6-9-19-7-2-1-3-8-19/h1-17H,18H2/b9-6+,17-14+. The molecule has 0 saturated carbocycles. The summed E-state index contributed by atoms with van der Waals surface area (Å²) in [6, 6.07) is 26.3. The molecule has 0 fully saturated rings. The molecule has 0 N–H and O–H groups in total. The van der Waals surface area contributed by atoms with Gasteiger partial charge < -0.3 is 4.57 Å². The van der Waals surface area contributed by atoms with Gasteiger partial charge in [0.25, 0.3) is 0 Å². The highest BCUT2D eigenvalue weighted by Gasteiger charge is 2.06. The van der Waals surface area contributed by atoms with Crippen molar-refractivity contribution in [3.63, 3.8) is 0 Å². The Morgan fingerprint density at radius 3 is 2.26 bits per heavy atom. The summed E-state index contributed by atoms with van der Waals surface area (Å²) >= 11 is 5.97. The van der Waals surface area contributed by atoms with E-state index >= 15 is 0 Å². The summed E-state index contributed by atoms with van der Waals surface area (Å²) in [4.78, 5) is 4.79. The van der Waals surface area contributed by atoms with Gasteiger partial charge in [-0.25, -0.2) is 4.98 Å². The highest BCUT2D eigenvalue weighted by atomic mass is 35.5. The molecule has 0 spiro atoms. The first-order chi connectivity index (χ1) is 13.3. The Bertz CT molecular complexity index is 1090. The lowest BCUT2D eigenvalue weighted by atomic mass is 10.2. The van der Waals surface area contributed by atoms with Crippen LogP contribution in [0.5, 0.6) is 0 Å². The summed E-state index contributed by atoms with van der Waals surface area (Å²) < 4.78 is 2.22. The van der Waals surface area contributed by atoms with Gasteiger partial charge in [0.15, 0.2) is 0 Å². The quantitative estimate of drug-likeness (QED) is 0.388. The smallest absolute Gasteiger partial charge is 0.134 e. The van der Waals surface area contributed by atoms with Gasteiger partial charge in [0, 0.05) is 11.6 Å². The first kappa shape index (κ1) is 17.3. The van der Waals surface area contributed by atoms with Crippen molar-refractivity contribution in [2.75, 3.05) is 0 Å². The summed E-state index contributed by atoms with van der Waals surface area (Å²) in [7, 11) is 0. The zero-order valence-corrected chi connectivity index (χ0v) is 15.6. The Morgan fingerprint density at radius 1 is 0.741 bits per heavy atom. The van der Waals surface area contributed by atoms with Crippen LogP contribution in [0.4, 0.5) is 0 Å². The maximum atomic E-state index is 5.97. The van der Waals surface area contributed by atoms with E-state index in [1.165, 1.54) is 5.56 Å². The fourth-order valence-corrected chi connectivity index (χ4v) is 3.14. The Hall–Kier alpha value is -3.10. The second-order valence-electron chi connectivity index (χ2n) is 6.27. The van der Waals surface area contributed by atoms with Crippen molar-refractivity contribution in [2.24, 2.45) is 0 Å². The van der Waals surface area contributed by atoms with Gasteiger partial charge in [0.2, 0.25) is 0 Å². The number of hydrogen-bond donors (Lipinski definition) is 0. The number of imidazole rings is 1. The van der Waals surface area contributed by atoms with Crippen LogP contribution in [0.25, 0.3) is 29.3 Å². The van der Waals surface area contributed by atoms with Crippen molar-refractivity contribution in [3.05, 3.63) is 107 Å². The molecule has 1 heterocycles. The zero-order chi connectivity index (χ0) is 18.5. The molecule has 0 saturated heterocycles. The highest BCUT2D eigenvalue weighted by molar-refractivity contribution is 6.30. The molecular formula is C24H19ClN2. The van der Waals surface area contributed by atoms with Crippen molar-refractivity contribution >= 4 is 40.9 Å². The SMILES string of the molecule is Clc1ccc(/C=C/c2nc3ccccc3n2C/C=C/c2ccccc2)cc1. The fourth-order valence-electron chi connectivity index (χ4n) is 3.02. The van der Waals surface area contributed by atoms with Gasteiger partial charge >= 0.3 is 0 Å². The fraction of sp³-hybridized carbons (Fsp3) is 0.0417. The van der Waals surface area contributed by atoms with E-state index in [9.17, 15) is 0 Å². The third-order valence-electron chi connectivity index (χ3n) is 4.38. The second-order valence-corrected chi connectivity index (χ2v) is 6.70. The Labute approximate surface area is 164 Å². The normalized spacial score (nSPS) is 11.7. The maximum absolute atomic E-state index is 5.97. The second kappa shape index (κ2) is 8.07. The van der Waals surface area contributed by atoms with E-state index in [0.717, 1.165) is 34.0 Å². The first-order valence-corrected chi connectivity index (χ1v) is 9.28. The van der Waals surface area contributed by atoms with Crippen molar-refractivity contribution in [3.8, 4) is 0 Å². The number of benzene rings is 3. The monoisotopic (exact) mass is 370 g/mol. The summed E-state index contributed by atoms with van der Waals surface area (Å²) in [5.41, 5.74) is 4.42. The Kier molecular flexibility index (Phi) is 5.17. The molecule has 4 rings (SSSR count). The van der Waals surface area contributed by atoms with Crippen molar-refractivity contribution in [1.29, 1.82) is 0 Å². The molecule has 27 heavy (non-hydrogen) atoms. The van der Waals surface area contributed by atoms with Crippen LogP contribution in [0.3, 0.4) is 0 Å². The number of halogens is 1. The number of aromatic nitrogens is 2. The van der Waals surface area contributed by atoms with Crippen LogP contribution in [-0.4, -0.2) is 9.55 Å². The van der Waals surface area contributed by atoms with Crippen LogP contribution in [0.1, 0.15) is 17.0 Å². The van der Waals surface area contributed by atoms with Crippen LogP contribution in [-0.2, 0) is 6.54 Å². The van der Waals surface area contributed by atoms with Crippen molar-refractivity contribution < 1.29 is 0 Å². The van der Waals surface area contributed by atoms with Gasteiger partial charge in [-0.15, -0.1) is 0 Å². The largest absolute Gasteiger partial charge is 0.321 e. The van der Waals surface area contributed by atoms with Crippen LogP contribution >= 0.6 is 11.6 Å². The molecule has 0 atom stereocenters. The van der Waals surface area contributed by atoms with Gasteiger partial charge in [0.05, 0.1) is 11.0 Å². The summed E-state index contributed by atoms with van der Waals surface area (Å²) in [6.45, 7) is 0.760. The lowest BCUT2D eigenvalue weighted by Crippen LogP contribution is -1.98. The molecule has 132 valence electrons. The average molecular weight is 371 g/mol. The summed E-state index contributed by atoms with van der Waals surface area (Å²) in [5.74, 6) is 0.934. The van der Waals surface area contributed by atoms with Crippen LogP contribution in [0.2, 0.25) is 5.02 Å². The summed E-state index contributed by atoms with van der Waals surface area (Å²) in [5, 5.41) is 0.741. The van der Waals surface area contributed by atoms with Crippen molar-refractivity contribution in [1.82, 2.24) is 9.55 Å². The van der Waals surface area contributed by atoms with Crippen molar-refractivity contribution in [2.45, 2.75) is 6.54 Å². The minimum absolute atomic E-state index is 0.741. The topological polar surface area (TPSA) is 17.8 Å². The first-order valence-electron chi connectivity index (χ1n) is 8.90. The molecule has 4 aromatic rings. The molecule has 2 nitrogen and oxygen atoms in total. The highest BCUT2D eigenvalue weighted by Crippen LogP contribution is 2.19. The van der Waals surface area contributed by atoms with Gasteiger partial charge in [-0.3, -0.25) is 0 Å². The van der Waals surface area contributed by atoms with Crippen LogP contribution in [0.15, 0.2) is 84.9 Å². The average Bonchev–Trinajstić information content (AvgIpc) is 3.06. The Morgan fingerprint density at radius 2 is 1.44 bits per heavy atom. The maximum Gasteiger partial charge on any atom is 0.134 e. The zero-order valence-electron chi connectivity index (χ0n) is 14.8. The molecule has 1 aromatic heterocycles. The molecule has 0 aliphatic carbocycles. The van der Waals surface area contributed by atoms with Gasteiger partial charge in [-0.2, -0.15) is 0 Å². The lowest BCUT2D eigenvalue weighted by molar-refractivity contribution is 0.840. The molecule has 0 unspecified atom stereocenters. The van der Waals surface area contributed by atoms with E-state index in [0.29, 0.717) is 0 Å². The van der Waals surface area contributed by atoms with E-state index in [2.05, 4.69) is 47.1 Å². The molecule has 0 amide bonds. The minimum atomic E-state index is 0.741. The molecule has 0 radical (unpaired) electrons. The summed E-state index contributed by atoms with van der Waals surface area (Å²) in [6.07, 6.45) is 8.43. The number of fused-ring (bicyclic) bond motifs is 1. The van der Waals surface area contributed by atoms with E-state index in [4.69, 9.17) is 16.6 Å². The van der Waals surface area contributed by atoms with E-state index in [1.54, 1.807) is 0 Å². The molecule has 0 aliphatic rings. The number of para-hydroxylation sites is 2. The molecule has 0 aliphatic heterocycles. The number of hydrogen-bond acceptors (Lipinski definition) is 1. The molecular weight excluding hydrogens is 352 g/mol. The van der Waals surface area contributed by atoms with Gasteiger partial charge in [-0.05, 0) is 41.5 Å². The molecule has 3 heteroatoms. The van der Waals surface area contributed by atoms with E-state index in [-0.39, 0.29) is 0 Å². The van der Waals surface area contributed by atoms with Crippen LogP contribution < -0.4 is 0 Å². The molecule has 3 aromatic carbocycles. The number of rotatable bonds is 5. The third-order valence-corrected chi connectivity index (χ3v) is 4.63. The van der Waals surface area contributed by atoms with E-state index in [1.807, 2.05) is 60.7 Å². The van der Waals surface area contributed by atoms with Crippen LogP contribution in [0, 0.1) is 0 Å². The number of allylic oxidation sites excluding steroid dienone is 1. The number of nitrogens with zero attached hydrogens (tertiary/aromatic N) is 2. The molecule has 0 bridgehead atoms.